The number of benzene rings is 1. The maximum atomic E-state index is 10.2. The van der Waals surface area contributed by atoms with Crippen LogP contribution in [0.25, 0.3) is 5.57 Å². The third-order valence-electron chi connectivity index (χ3n) is 2.53. The fourth-order valence-corrected chi connectivity index (χ4v) is 1.13. The zero-order chi connectivity index (χ0) is 24.5. The molecule has 4 nitrogen and oxygen atoms in total. The summed E-state index contributed by atoms with van der Waals surface area (Å²) in [7, 11) is 4.53. The van der Waals surface area contributed by atoms with Crippen molar-refractivity contribution in [1.82, 2.24) is 0 Å². The van der Waals surface area contributed by atoms with Gasteiger partial charge >= 0.3 is 5.97 Å². The molecule has 0 heterocycles. The Morgan fingerprint density at radius 2 is 1.33 bits per heavy atom. The second kappa shape index (κ2) is 26.1. The van der Waals surface area contributed by atoms with Gasteiger partial charge in [-0.15, -0.1) is 13.2 Å². The monoisotopic (exact) mass is 418 g/mol. The van der Waals surface area contributed by atoms with Crippen molar-refractivity contribution in [2.24, 2.45) is 0 Å². The van der Waals surface area contributed by atoms with Crippen LogP contribution in [0.4, 0.5) is 0 Å². The van der Waals surface area contributed by atoms with Crippen LogP contribution in [0.1, 0.15) is 38.8 Å². The lowest BCUT2D eigenvalue weighted by Gasteiger charge is -1.98. The van der Waals surface area contributed by atoms with Gasteiger partial charge in [0.1, 0.15) is 0 Å². The number of methoxy groups -OCH3 is 3. The van der Waals surface area contributed by atoms with Crippen LogP contribution >= 0.6 is 0 Å². The van der Waals surface area contributed by atoms with Crippen molar-refractivity contribution in [2.75, 3.05) is 27.9 Å². The fourth-order valence-electron chi connectivity index (χ4n) is 1.13. The van der Waals surface area contributed by atoms with Crippen LogP contribution in [-0.4, -0.2) is 33.9 Å². The third kappa shape index (κ3) is 36.1. The molecule has 30 heavy (non-hydrogen) atoms. The highest BCUT2D eigenvalue weighted by Crippen LogP contribution is 2.11. The quantitative estimate of drug-likeness (QED) is 0.225. The summed E-state index contributed by atoms with van der Waals surface area (Å²) >= 11 is 0. The van der Waals surface area contributed by atoms with Gasteiger partial charge in [0.05, 0.1) is 27.1 Å². The Morgan fingerprint density at radius 1 is 0.933 bits per heavy atom. The summed E-state index contributed by atoms with van der Waals surface area (Å²) in [6.45, 7) is 27.7. The number of esters is 1. The Balaban J connectivity index is -0.000000150. The van der Waals surface area contributed by atoms with E-state index in [9.17, 15) is 4.79 Å². The summed E-state index contributed by atoms with van der Waals surface area (Å²) in [6, 6.07) is 8.39. The summed E-state index contributed by atoms with van der Waals surface area (Å²) < 4.78 is 13.2. The van der Waals surface area contributed by atoms with E-state index in [-0.39, 0.29) is 5.97 Å². The number of rotatable bonds is 5. The van der Waals surface area contributed by atoms with E-state index in [2.05, 4.69) is 78.3 Å². The molecule has 170 valence electrons. The van der Waals surface area contributed by atoms with Crippen molar-refractivity contribution in [3.8, 4) is 0 Å². The van der Waals surface area contributed by atoms with Gasteiger partial charge in [0, 0.05) is 12.7 Å². The lowest BCUT2D eigenvalue weighted by Crippen LogP contribution is -1.98. The third-order valence-corrected chi connectivity index (χ3v) is 2.53. The van der Waals surface area contributed by atoms with Gasteiger partial charge in [-0.25, -0.2) is 4.79 Å². The number of aryl methyl sites for hydroxylation is 1. The van der Waals surface area contributed by atoms with E-state index in [1.165, 1.54) is 30.1 Å². The lowest BCUT2D eigenvalue weighted by atomic mass is 10.1. The van der Waals surface area contributed by atoms with Crippen LogP contribution < -0.4 is 0 Å². The molecular weight excluding hydrogens is 376 g/mol. The first kappa shape index (κ1) is 34.6. The molecule has 4 heteroatoms. The first-order chi connectivity index (χ1) is 13.9. The number of hydrogen-bond donors (Lipinski definition) is 0. The first-order valence-corrected chi connectivity index (χ1v) is 9.26. The van der Waals surface area contributed by atoms with Gasteiger partial charge in [-0.3, -0.25) is 0 Å². The molecule has 0 aliphatic carbocycles. The smallest absolute Gasteiger partial charge is 0.332 e. The highest BCUT2D eigenvalue weighted by molar-refractivity contribution is 5.86. The molecule has 1 aromatic carbocycles. The topological polar surface area (TPSA) is 44.8 Å². The molecule has 0 unspecified atom stereocenters. The van der Waals surface area contributed by atoms with Crippen LogP contribution in [-0.2, 0) is 19.0 Å². The highest BCUT2D eigenvalue weighted by Gasteiger charge is 1.95. The van der Waals surface area contributed by atoms with E-state index in [4.69, 9.17) is 0 Å². The molecule has 0 fully saturated rings. The molecule has 0 atom stereocenters. The van der Waals surface area contributed by atoms with Crippen LogP contribution in [0, 0.1) is 6.92 Å². The summed E-state index contributed by atoms with van der Waals surface area (Å²) in [5, 5.41) is 0. The second-order valence-corrected chi connectivity index (χ2v) is 6.27. The van der Waals surface area contributed by atoms with Crippen molar-refractivity contribution in [3.63, 3.8) is 0 Å². The Bertz CT molecular complexity index is 606. The molecule has 0 aliphatic heterocycles. The van der Waals surface area contributed by atoms with Crippen LogP contribution in [0.3, 0.4) is 0 Å². The van der Waals surface area contributed by atoms with E-state index in [1.54, 1.807) is 27.2 Å². The van der Waals surface area contributed by atoms with E-state index >= 15 is 0 Å². The van der Waals surface area contributed by atoms with Crippen LogP contribution in [0.15, 0.2) is 80.6 Å². The average molecular weight is 419 g/mol. The largest absolute Gasteiger partial charge is 0.505 e. The molecule has 0 amide bonds. The van der Waals surface area contributed by atoms with Gasteiger partial charge in [0.2, 0.25) is 0 Å². The molecule has 0 N–H and O–H groups in total. The van der Waals surface area contributed by atoms with Gasteiger partial charge in [-0.1, -0.05) is 66.8 Å². The summed E-state index contributed by atoms with van der Waals surface area (Å²) in [6.07, 6.45) is 3.08. The number of ether oxygens (including phenoxy) is 3. The number of carbonyl (C=O) groups is 1. The molecule has 0 saturated heterocycles. The fraction of sp³-hybridized carbons (Fsp3) is 0.346. The van der Waals surface area contributed by atoms with E-state index in [0.29, 0.717) is 12.2 Å². The molecule has 1 rings (SSSR count). The van der Waals surface area contributed by atoms with E-state index in [1.807, 2.05) is 20.8 Å². The first-order valence-electron chi connectivity index (χ1n) is 9.26. The number of allylic oxidation sites excluding steroid dienone is 2. The molecule has 0 spiro atoms. The maximum absolute atomic E-state index is 10.2. The Hall–Kier alpha value is -2.85. The molecule has 0 aliphatic rings. The van der Waals surface area contributed by atoms with Gasteiger partial charge < -0.3 is 14.2 Å². The van der Waals surface area contributed by atoms with E-state index < -0.39 is 0 Å². The molecule has 1 aromatic rings. The zero-order valence-corrected chi connectivity index (χ0v) is 20.3. The van der Waals surface area contributed by atoms with Gasteiger partial charge in [0.25, 0.3) is 0 Å². The number of carbonyl (C=O) groups excluding carboxylic acids is 1. The molecule has 0 aromatic heterocycles. The predicted molar refractivity (Wildman–Crippen MR) is 132 cm³/mol. The molecule has 0 saturated carbocycles. The summed E-state index contributed by atoms with van der Waals surface area (Å²) in [5.74, 6) is -0.347. The second-order valence-electron chi connectivity index (χ2n) is 6.27. The minimum atomic E-state index is -0.347. The van der Waals surface area contributed by atoms with Gasteiger partial charge in [-0.2, -0.15) is 0 Å². The Labute approximate surface area is 185 Å². The van der Waals surface area contributed by atoms with Gasteiger partial charge in [-0.05, 0) is 40.2 Å². The molecule has 0 radical (unpaired) electrons. The van der Waals surface area contributed by atoms with E-state index in [0.717, 1.165) is 5.57 Å². The maximum Gasteiger partial charge on any atom is 0.332 e. The summed E-state index contributed by atoms with van der Waals surface area (Å²) in [5.41, 5.74) is 5.25. The number of hydrogen-bond acceptors (Lipinski definition) is 4. The minimum Gasteiger partial charge on any atom is -0.505 e. The normalized spacial score (nSPS) is 7.73. The molecular formula is C26H42O4. The van der Waals surface area contributed by atoms with Gasteiger partial charge in [0.15, 0.2) is 0 Å². The van der Waals surface area contributed by atoms with Crippen molar-refractivity contribution in [1.29, 1.82) is 0 Å². The summed E-state index contributed by atoms with van der Waals surface area (Å²) in [4.78, 5) is 10.2. The average Bonchev–Trinajstić information content (AvgIpc) is 2.69. The molecule has 0 bridgehead atoms. The van der Waals surface area contributed by atoms with Crippen LogP contribution in [0.2, 0.25) is 0 Å². The van der Waals surface area contributed by atoms with Crippen molar-refractivity contribution >= 4 is 11.5 Å². The predicted octanol–water partition coefficient (Wildman–Crippen LogP) is 6.94. The van der Waals surface area contributed by atoms with Crippen molar-refractivity contribution in [3.05, 3.63) is 91.8 Å². The zero-order valence-electron chi connectivity index (χ0n) is 20.3. The Morgan fingerprint density at radius 3 is 1.47 bits per heavy atom. The van der Waals surface area contributed by atoms with Crippen molar-refractivity contribution < 1.29 is 19.0 Å². The SMILES string of the molecule is C=C(C)C.C=C(C)C(=O)OC.C=C(C)c1ccc(C)cc1.C=CCOC.C=COC. The highest BCUT2D eigenvalue weighted by atomic mass is 16.5. The van der Waals surface area contributed by atoms with Crippen LogP contribution in [0.5, 0.6) is 0 Å². The lowest BCUT2D eigenvalue weighted by molar-refractivity contribution is -0.136. The van der Waals surface area contributed by atoms with Crippen molar-refractivity contribution in [2.45, 2.75) is 34.6 Å². The standard InChI is InChI=1S/C10H12.C5H8O2.C4H8O.C4H8.C3H6O/c1-8(2)10-6-4-9(3)5-7-10;1-4(2)5(6)7-3;1-3-4-5-2;1-4(2)3;1-3-4-2/h4-7H,1H2,2-3H3;1H2,2-3H3;3H,1,4H2,2H3;1H2,2-3H3;3H,1H2,2H3. The Kier molecular flexibility index (Phi) is 30.2. The minimum absolute atomic E-state index is 0.347.